The minimum atomic E-state index is -4.08. The highest BCUT2D eigenvalue weighted by atomic mass is 32.1. The van der Waals surface area contributed by atoms with Crippen LogP contribution in [0.15, 0.2) is 0 Å². The SMILES string of the molecule is NC(=S)CCCC(F)(F)F. The first-order valence-electron chi connectivity index (χ1n) is 2.77. The topological polar surface area (TPSA) is 26.0 Å². The molecule has 0 unspecified atom stereocenters. The van der Waals surface area contributed by atoms with Gasteiger partial charge in [0.2, 0.25) is 0 Å². The van der Waals surface area contributed by atoms with E-state index in [1.807, 2.05) is 0 Å². The molecule has 0 fully saturated rings. The minimum absolute atomic E-state index is 0.00116. The van der Waals surface area contributed by atoms with E-state index in [0.717, 1.165) is 0 Å². The third kappa shape index (κ3) is 7.68. The van der Waals surface area contributed by atoms with Crippen LogP contribution in [0.4, 0.5) is 13.2 Å². The summed E-state index contributed by atoms with van der Waals surface area (Å²) in [5, 5.41) is 0. The first-order valence-corrected chi connectivity index (χ1v) is 3.18. The van der Waals surface area contributed by atoms with Crippen LogP contribution in [-0.2, 0) is 0 Å². The third-order valence-corrected chi connectivity index (χ3v) is 1.09. The fourth-order valence-electron chi connectivity index (χ4n) is 0.463. The van der Waals surface area contributed by atoms with Gasteiger partial charge in [0.1, 0.15) is 0 Å². The molecule has 0 amide bonds. The summed E-state index contributed by atoms with van der Waals surface area (Å²) in [6, 6.07) is 0. The lowest BCUT2D eigenvalue weighted by Crippen LogP contribution is -2.11. The Bertz CT molecular complexity index is 121. The molecule has 1 nitrogen and oxygen atoms in total. The van der Waals surface area contributed by atoms with E-state index >= 15 is 0 Å². The van der Waals surface area contributed by atoms with E-state index in [1.165, 1.54) is 0 Å². The smallest absolute Gasteiger partial charge is 0.389 e. The number of alkyl halides is 3. The largest absolute Gasteiger partial charge is 0.393 e. The lowest BCUT2D eigenvalue weighted by molar-refractivity contribution is -0.135. The Hall–Kier alpha value is -0.320. The summed E-state index contributed by atoms with van der Waals surface area (Å²) in [6.07, 6.45) is -4.71. The summed E-state index contributed by atoms with van der Waals surface area (Å²) in [4.78, 5) is 0.143. The molecule has 0 aliphatic carbocycles. The van der Waals surface area contributed by atoms with E-state index in [0.29, 0.717) is 0 Å². The molecule has 10 heavy (non-hydrogen) atoms. The molecule has 0 saturated heterocycles. The second kappa shape index (κ2) is 3.75. The second-order valence-corrected chi connectivity index (χ2v) is 2.46. The summed E-state index contributed by atoms with van der Waals surface area (Å²) < 4.78 is 34.3. The zero-order chi connectivity index (χ0) is 8.20. The van der Waals surface area contributed by atoms with E-state index < -0.39 is 12.6 Å². The fraction of sp³-hybridized carbons (Fsp3) is 0.800. The van der Waals surface area contributed by atoms with Gasteiger partial charge in [-0.2, -0.15) is 13.2 Å². The molecular formula is C5H8F3NS. The Morgan fingerprint density at radius 1 is 1.40 bits per heavy atom. The molecule has 60 valence electrons. The van der Waals surface area contributed by atoms with Crippen LogP contribution in [0.1, 0.15) is 19.3 Å². The van der Waals surface area contributed by atoms with Crippen LogP contribution in [0.3, 0.4) is 0 Å². The maximum Gasteiger partial charge on any atom is 0.389 e. The third-order valence-electron chi connectivity index (χ3n) is 0.883. The summed E-state index contributed by atoms with van der Waals surface area (Å²) in [5.41, 5.74) is 4.99. The molecule has 0 bridgehead atoms. The van der Waals surface area contributed by atoms with Crippen molar-refractivity contribution in [2.75, 3.05) is 0 Å². The number of rotatable bonds is 3. The molecule has 0 aromatic rings. The molecule has 2 N–H and O–H groups in total. The van der Waals surface area contributed by atoms with Gasteiger partial charge in [0.05, 0.1) is 4.99 Å². The Morgan fingerprint density at radius 2 is 1.90 bits per heavy atom. The second-order valence-electron chi connectivity index (χ2n) is 1.94. The van der Waals surface area contributed by atoms with Gasteiger partial charge < -0.3 is 5.73 Å². The zero-order valence-electron chi connectivity index (χ0n) is 5.24. The van der Waals surface area contributed by atoms with Gasteiger partial charge in [0, 0.05) is 6.42 Å². The summed E-state index contributed by atoms with van der Waals surface area (Å²) in [5.74, 6) is 0. The van der Waals surface area contributed by atoms with Crippen molar-refractivity contribution < 1.29 is 13.2 Å². The van der Waals surface area contributed by atoms with Crippen molar-refractivity contribution in [1.82, 2.24) is 0 Å². The van der Waals surface area contributed by atoms with Crippen LogP contribution in [0, 0.1) is 0 Å². The maximum atomic E-state index is 11.4. The molecule has 0 rings (SSSR count). The first-order chi connectivity index (χ1) is 4.42. The lowest BCUT2D eigenvalue weighted by atomic mass is 10.2. The van der Waals surface area contributed by atoms with E-state index in [1.54, 1.807) is 0 Å². The van der Waals surface area contributed by atoms with Crippen LogP contribution in [0.5, 0.6) is 0 Å². The average Bonchev–Trinajstić information content (AvgIpc) is 1.59. The van der Waals surface area contributed by atoms with Crippen molar-refractivity contribution in [2.45, 2.75) is 25.4 Å². The van der Waals surface area contributed by atoms with Crippen molar-refractivity contribution >= 4 is 17.2 Å². The summed E-state index contributed by atoms with van der Waals surface area (Å²) in [7, 11) is 0. The molecule has 0 aliphatic heterocycles. The van der Waals surface area contributed by atoms with Gasteiger partial charge in [0.15, 0.2) is 0 Å². The molecule has 0 spiro atoms. The highest BCUT2D eigenvalue weighted by Crippen LogP contribution is 2.21. The molecule has 0 aromatic carbocycles. The van der Waals surface area contributed by atoms with Crippen molar-refractivity contribution in [1.29, 1.82) is 0 Å². The number of thiocarbonyl (C=S) groups is 1. The van der Waals surface area contributed by atoms with Gasteiger partial charge in [-0.25, -0.2) is 0 Å². The lowest BCUT2D eigenvalue weighted by Gasteiger charge is -2.03. The molecule has 0 atom stereocenters. The van der Waals surface area contributed by atoms with Gasteiger partial charge in [-0.15, -0.1) is 0 Å². The molecule has 0 aromatic heterocycles. The highest BCUT2D eigenvalue weighted by Gasteiger charge is 2.25. The van der Waals surface area contributed by atoms with E-state index in [2.05, 4.69) is 12.2 Å². The van der Waals surface area contributed by atoms with E-state index in [9.17, 15) is 13.2 Å². The molecular weight excluding hydrogens is 163 g/mol. The Kier molecular flexibility index (Phi) is 3.63. The molecule has 0 radical (unpaired) electrons. The molecule has 0 saturated carbocycles. The maximum absolute atomic E-state index is 11.4. The monoisotopic (exact) mass is 171 g/mol. The number of nitrogens with two attached hydrogens (primary N) is 1. The normalized spacial score (nSPS) is 11.5. The van der Waals surface area contributed by atoms with Crippen LogP contribution in [-0.4, -0.2) is 11.2 Å². The molecule has 0 aliphatic rings. The number of hydrogen-bond donors (Lipinski definition) is 1. The zero-order valence-corrected chi connectivity index (χ0v) is 6.06. The summed E-state index contributed by atoms with van der Waals surface area (Å²) in [6.45, 7) is 0. The predicted octanol–water partition coefficient (Wildman–Crippen LogP) is 2.01. The van der Waals surface area contributed by atoms with E-state index in [-0.39, 0.29) is 17.8 Å². The van der Waals surface area contributed by atoms with Crippen LogP contribution in [0.2, 0.25) is 0 Å². The fourth-order valence-corrected chi connectivity index (χ4v) is 0.607. The minimum Gasteiger partial charge on any atom is -0.393 e. The van der Waals surface area contributed by atoms with Gasteiger partial charge in [0.25, 0.3) is 0 Å². The van der Waals surface area contributed by atoms with Crippen molar-refractivity contribution in [3.63, 3.8) is 0 Å². The first kappa shape index (κ1) is 9.68. The Morgan fingerprint density at radius 3 is 2.20 bits per heavy atom. The quantitative estimate of drug-likeness (QED) is 0.657. The molecule has 0 heterocycles. The van der Waals surface area contributed by atoms with Gasteiger partial charge in [-0.05, 0) is 12.8 Å². The Labute approximate surface area is 62.4 Å². The highest BCUT2D eigenvalue weighted by molar-refractivity contribution is 7.80. The van der Waals surface area contributed by atoms with Gasteiger partial charge in [-0.3, -0.25) is 0 Å². The van der Waals surface area contributed by atoms with Crippen LogP contribution >= 0.6 is 12.2 Å². The average molecular weight is 171 g/mol. The number of halogens is 3. The van der Waals surface area contributed by atoms with Crippen molar-refractivity contribution in [3.8, 4) is 0 Å². The van der Waals surface area contributed by atoms with Crippen LogP contribution < -0.4 is 5.73 Å². The number of hydrogen-bond acceptors (Lipinski definition) is 1. The van der Waals surface area contributed by atoms with Crippen molar-refractivity contribution in [3.05, 3.63) is 0 Å². The van der Waals surface area contributed by atoms with Crippen molar-refractivity contribution in [2.24, 2.45) is 5.73 Å². The standard InChI is InChI=1S/C5H8F3NS/c6-5(7,8)3-1-2-4(9)10/h1-3H2,(H2,9,10). The van der Waals surface area contributed by atoms with Gasteiger partial charge in [-0.1, -0.05) is 12.2 Å². The van der Waals surface area contributed by atoms with E-state index in [4.69, 9.17) is 5.73 Å². The summed E-state index contributed by atoms with van der Waals surface area (Å²) >= 11 is 4.39. The molecule has 5 heteroatoms. The Balaban J connectivity index is 3.29. The van der Waals surface area contributed by atoms with Gasteiger partial charge >= 0.3 is 6.18 Å². The predicted molar refractivity (Wildman–Crippen MR) is 36.7 cm³/mol. The van der Waals surface area contributed by atoms with Crippen LogP contribution in [0.25, 0.3) is 0 Å².